The Balaban J connectivity index is 0.00000231. The first-order valence-electron chi connectivity index (χ1n) is 10.1. The molecular weight excluding hydrogens is 541 g/mol. The molecule has 0 saturated carbocycles. The minimum Gasteiger partial charge on any atom is -0.481 e. The Labute approximate surface area is 205 Å². The maximum absolute atomic E-state index is 11.9. The Morgan fingerprint density at radius 3 is 2.42 bits per heavy atom. The number of pyridine rings is 1. The number of halogens is 2. The lowest BCUT2D eigenvalue weighted by Gasteiger charge is -2.18. The second-order valence-electron chi connectivity index (χ2n) is 7.65. The third-order valence-electron chi connectivity index (χ3n) is 5.71. The quantitative estimate of drug-likeness (QED) is 0.269. The molecule has 0 spiro atoms. The van der Waals surface area contributed by atoms with Crippen LogP contribution in [0.1, 0.15) is 28.8 Å². The van der Waals surface area contributed by atoms with Crippen molar-refractivity contribution >= 4 is 62.5 Å². The number of aliphatic carboxylic acids is 1. The van der Waals surface area contributed by atoms with Gasteiger partial charge in [-0.15, -0.1) is 23.7 Å². The molecule has 0 bridgehead atoms. The van der Waals surface area contributed by atoms with Crippen LogP contribution in [0, 0.1) is 3.57 Å². The van der Waals surface area contributed by atoms with Crippen molar-refractivity contribution in [1.29, 1.82) is 0 Å². The van der Waals surface area contributed by atoms with Crippen LogP contribution in [0.3, 0.4) is 0 Å². The van der Waals surface area contributed by atoms with E-state index in [2.05, 4.69) is 34.7 Å². The van der Waals surface area contributed by atoms with Crippen LogP contribution in [0.25, 0.3) is 32.6 Å². The minimum absolute atomic E-state index is 0. The molecule has 1 aliphatic rings. The van der Waals surface area contributed by atoms with E-state index in [1.54, 1.807) is 11.3 Å². The molecule has 0 unspecified atom stereocenters. The van der Waals surface area contributed by atoms with Crippen molar-refractivity contribution < 1.29 is 9.90 Å². The van der Waals surface area contributed by atoms with Gasteiger partial charge in [0, 0.05) is 19.4 Å². The molecule has 1 aliphatic carbocycles. The average molecular weight is 562 g/mol. The molecule has 1 N–H and O–H groups in total. The third kappa shape index (κ3) is 4.23. The maximum atomic E-state index is 11.9. The summed E-state index contributed by atoms with van der Waals surface area (Å²) < 4.78 is 1.15. The number of rotatable bonds is 4. The van der Waals surface area contributed by atoms with Gasteiger partial charge < -0.3 is 5.11 Å². The van der Waals surface area contributed by atoms with Gasteiger partial charge in [0.05, 0.1) is 12.1 Å². The van der Waals surface area contributed by atoms with Crippen molar-refractivity contribution in [1.82, 2.24) is 4.98 Å². The number of fused-ring (bicyclic) bond motifs is 3. The smallest absolute Gasteiger partial charge is 0.307 e. The van der Waals surface area contributed by atoms with Crippen molar-refractivity contribution in [3.8, 4) is 22.4 Å². The van der Waals surface area contributed by atoms with Crippen molar-refractivity contribution in [3.05, 3.63) is 74.2 Å². The molecule has 158 valence electrons. The highest BCUT2D eigenvalue weighted by Gasteiger charge is 2.26. The lowest BCUT2D eigenvalue weighted by atomic mass is 9.87. The first-order valence-corrected chi connectivity index (χ1v) is 12.0. The average Bonchev–Trinajstić information content (AvgIpc) is 3.12. The van der Waals surface area contributed by atoms with E-state index >= 15 is 0 Å². The molecule has 0 atom stereocenters. The van der Waals surface area contributed by atoms with Crippen molar-refractivity contribution in [2.45, 2.75) is 32.1 Å². The second-order valence-corrected chi connectivity index (χ2v) is 9.98. The number of aryl methyl sites for hydroxylation is 2. The number of nitrogens with zero attached hydrogens (tertiary/aromatic N) is 1. The zero-order valence-electron chi connectivity index (χ0n) is 16.7. The first kappa shape index (κ1) is 22.2. The van der Waals surface area contributed by atoms with E-state index < -0.39 is 5.97 Å². The number of carboxylic acids is 1. The summed E-state index contributed by atoms with van der Waals surface area (Å²) in [7, 11) is 0. The van der Waals surface area contributed by atoms with Crippen LogP contribution in [-0.2, 0) is 24.1 Å². The summed E-state index contributed by atoms with van der Waals surface area (Å²) in [6.45, 7) is 0. The van der Waals surface area contributed by atoms with E-state index in [1.807, 2.05) is 42.5 Å². The van der Waals surface area contributed by atoms with E-state index in [-0.39, 0.29) is 18.8 Å². The Hall–Kier alpha value is -1.96. The van der Waals surface area contributed by atoms with E-state index in [4.69, 9.17) is 4.98 Å². The monoisotopic (exact) mass is 561 g/mol. The number of aromatic nitrogens is 1. The van der Waals surface area contributed by atoms with Crippen LogP contribution in [-0.4, -0.2) is 16.1 Å². The largest absolute Gasteiger partial charge is 0.481 e. The molecule has 0 radical (unpaired) electrons. The van der Waals surface area contributed by atoms with Gasteiger partial charge in [0.1, 0.15) is 4.83 Å². The summed E-state index contributed by atoms with van der Waals surface area (Å²) in [5.41, 5.74) is 6.08. The SMILES string of the molecule is Cl.O=C(O)Cc1c(-c2ccc(I)cc2)nc2sc3c(c2c1-c1ccccc1)CCCC3. The van der Waals surface area contributed by atoms with E-state index in [1.165, 1.54) is 28.7 Å². The van der Waals surface area contributed by atoms with Crippen LogP contribution < -0.4 is 0 Å². The van der Waals surface area contributed by atoms with Crippen LogP contribution in [0.15, 0.2) is 54.6 Å². The molecule has 0 aliphatic heterocycles. The van der Waals surface area contributed by atoms with Gasteiger partial charge in [-0.05, 0) is 82.7 Å². The summed E-state index contributed by atoms with van der Waals surface area (Å²) in [5.74, 6) is -0.829. The fourth-order valence-corrected chi connectivity index (χ4v) is 6.05. The lowest BCUT2D eigenvalue weighted by Crippen LogP contribution is -2.07. The first-order chi connectivity index (χ1) is 14.6. The molecular formula is C25H21ClINO2S. The third-order valence-corrected chi connectivity index (χ3v) is 7.62. The minimum atomic E-state index is -0.829. The topological polar surface area (TPSA) is 50.2 Å². The molecule has 0 fully saturated rings. The molecule has 2 heterocycles. The van der Waals surface area contributed by atoms with E-state index in [9.17, 15) is 9.90 Å². The highest BCUT2D eigenvalue weighted by atomic mass is 127. The number of hydrogen-bond donors (Lipinski definition) is 1. The van der Waals surface area contributed by atoms with Crippen LogP contribution in [0.5, 0.6) is 0 Å². The number of hydrogen-bond acceptors (Lipinski definition) is 3. The maximum Gasteiger partial charge on any atom is 0.307 e. The zero-order chi connectivity index (χ0) is 20.7. The second kappa shape index (κ2) is 9.27. The summed E-state index contributed by atoms with van der Waals surface area (Å²) in [5, 5.41) is 11.0. The molecule has 5 rings (SSSR count). The molecule has 4 aromatic rings. The molecule has 6 heteroatoms. The van der Waals surface area contributed by atoms with Gasteiger partial charge in [-0.2, -0.15) is 0 Å². The van der Waals surface area contributed by atoms with E-state index in [0.29, 0.717) is 0 Å². The Kier molecular flexibility index (Phi) is 6.65. The zero-order valence-corrected chi connectivity index (χ0v) is 20.5. The summed E-state index contributed by atoms with van der Waals surface area (Å²) in [6, 6.07) is 18.4. The summed E-state index contributed by atoms with van der Waals surface area (Å²) in [6.07, 6.45) is 4.50. The fourth-order valence-electron chi connectivity index (χ4n) is 4.42. The van der Waals surface area contributed by atoms with Gasteiger partial charge in [-0.3, -0.25) is 4.79 Å². The highest BCUT2D eigenvalue weighted by Crippen LogP contribution is 2.45. The lowest BCUT2D eigenvalue weighted by molar-refractivity contribution is -0.136. The standard InChI is InChI=1S/C25H20INO2S.ClH/c26-17-12-10-16(11-13-17)24-19(14-21(28)29)22(15-6-2-1-3-7-15)23-18-8-4-5-9-20(18)30-25(23)27-24;/h1-3,6-7,10-13H,4-5,8-9,14H2,(H,28,29);1H. The Morgan fingerprint density at radius 1 is 1.00 bits per heavy atom. The number of carboxylic acid groups (broad SMARTS) is 1. The molecule has 2 aromatic carbocycles. The Bertz CT molecular complexity index is 1250. The number of thiophene rings is 1. The molecule has 2 aromatic heterocycles. The van der Waals surface area contributed by atoms with Gasteiger partial charge in [-0.25, -0.2) is 4.98 Å². The van der Waals surface area contributed by atoms with Gasteiger partial charge in [0.15, 0.2) is 0 Å². The highest BCUT2D eigenvalue weighted by molar-refractivity contribution is 14.1. The molecule has 0 saturated heterocycles. The molecule has 31 heavy (non-hydrogen) atoms. The van der Waals surface area contributed by atoms with E-state index in [0.717, 1.165) is 49.2 Å². The number of carbonyl (C=O) groups is 1. The number of benzene rings is 2. The summed E-state index contributed by atoms with van der Waals surface area (Å²) >= 11 is 4.07. The van der Waals surface area contributed by atoms with Crippen LogP contribution in [0.4, 0.5) is 0 Å². The predicted octanol–water partition coefficient (Wildman–Crippen LogP) is 7.16. The van der Waals surface area contributed by atoms with Gasteiger partial charge >= 0.3 is 5.97 Å². The summed E-state index contributed by atoms with van der Waals surface area (Å²) in [4.78, 5) is 19.4. The van der Waals surface area contributed by atoms with Gasteiger partial charge in [0.25, 0.3) is 0 Å². The van der Waals surface area contributed by atoms with Crippen LogP contribution >= 0.6 is 46.3 Å². The predicted molar refractivity (Wildman–Crippen MR) is 138 cm³/mol. The normalized spacial score (nSPS) is 12.9. The molecule has 3 nitrogen and oxygen atoms in total. The van der Waals surface area contributed by atoms with Crippen molar-refractivity contribution in [2.24, 2.45) is 0 Å². The van der Waals surface area contributed by atoms with Gasteiger partial charge in [-0.1, -0.05) is 42.5 Å². The fraction of sp³-hybridized carbons (Fsp3) is 0.200. The van der Waals surface area contributed by atoms with Gasteiger partial charge in [0.2, 0.25) is 0 Å². The Morgan fingerprint density at radius 2 is 1.71 bits per heavy atom. The van der Waals surface area contributed by atoms with Crippen molar-refractivity contribution in [2.75, 3.05) is 0 Å². The van der Waals surface area contributed by atoms with Crippen LogP contribution in [0.2, 0.25) is 0 Å². The molecule has 0 amide bonds. The van der Waals surface area contributed by atoms with Crippen molar-refractivity contribution in [3.63, 3.8) is 0 Å².